The number of hydrogen-bond donors (Lipinski definition) is 1. The molecule has 1 fully saturated rings. The number of benzene rings is 4. The summed E-state index contributed by atoms with van der Waals surface area (Å²) in [6, 6.07) is 21.3. The topological polar surface area (TPSA) is 96.7 Å². The Morgan fingerprint density at radius 3 is 2.36 bits per heavy atom. The molecule has 306 valence electrons. The maximum atomic E-state index is 15.4. The number of ether oxygens (including phenoxy) is 3. The Bertz CT molecular complexity index is 2410. The van der Waals surface area contributed by atoms with Crippen molar-refractivity contribution in [3.8, 4) is 28.5 Å². The zero-order chi connectivity index (χ0) is 40.8. The average molecular weight is 811 g/mol. The Kier molecular flexibility index (Phi) is 10.3. The molecule has 0 saturated carbocycles. The van der Waals surface area contributed by atoms with Crippen LogP contribution in [0.2, 0.25) is 0 Å². The van der Waals surface area contributed by atoms with Crippen molar-refractivity contribution in [2.45, 2.75) is 57.5 Å². The Morgan fingerprint density at radius 2 is 1.59 bits per heavy atom. The van der Waals surface area contributed by atoms with Gasteiger partial charge in [-0.2, -0.15) is 13.2 Å². The number of hydrogen-bond acceptors (Lipinski definition) is 7. The van der Waals surface area contributed by atoms with E-state index in [0.717, 1.165) is 54.6 Å². The number of phenols is 1. The largest absolute Gasteiger partial charge is 0.508 e. The third-order valence-electron chi connectivity index (χ3n) is 11.8. The Hall–Kier alpha value is -5.86. The number of carbonyl (C=O) groups is 2. The predicted octanol–water partition coefficient (Wildman–Crippen LogP) is 7.83. The molecular weight excluding hydrogens is 769 g/mol. The van der Waals surface area contributed by atoms with E-state index in [1.807, 2.05) is 27.7 Å². The number of fused-ring (bicyclic) bond motifs is 3. The molecule has 5 aromatic rings. The van der Waals surface area contributed by atoms with Crippen LogP contribution in [0.1, 0.15) is 61.5 Å². The van der Waals surface area contributed by atoms with E-state index in [2.05, 4.69) is 11.0 Å². The SMILES string of the molecule is O=C(c1cc(-c2cc3c(cc2C(=O)N2Cc4ccccc4CC2CN2CCOCC2)OCO3)n2c1CCCC2)N(Cc1c(F)cccc1C(F)(F)F)c1ccc(O)cc1. The molecule has 1 aromatic heterocycles. The molecule has 0 spiro atoms. The predicted molar refractivity (Wildman–Crippen MR) is 210 cm³/mol. The summed E-state index contributed by atoms with van der Waals surface area (Å²) in [4.78, 5) is 35.5. The molecule has 0 radical (unpaired) electrons. The summed E-state index contributed by atoms with van der Waals surface area (Å²) in [6.07, 6.45) is -2.20. The van der Waals surface area contributed by atoms with E-state index in [1.54, 1.807) is 18.2 Å². The van der Waals surface area contributed by atoms with Gasteiger partial charge in [-0.25, -0.2) is 4.39 Å². The molecule has 1 saturated heterocycles. The fraction of sp³-hybridized carbons (Fsp3) is 0.333. The number of aromatic hydroxyl groups is 1. The molecule has 1 unspecified atom stereocenters. The average Bonchev–Trinajstić information content (AvgIpc) is 3.87. The summed E-state index contributed by atoms with van der Waals surface area (Å²) < 4.78 is 77.4. The molecule has 0 bridgehead atoms. The molecule has 14 heteroatoms. The maximum absolute atomic E-state index is 15.4. The second kappa shape index (κ2) is 15.7. The second-order valence-electron chi connectivity index (χ2n) is 15.4. The van der Waals surface area contributed by atoms with Crippen molar-refractivity contribution in [2.75, 3.05) is 44.5 Å². The van der Waals surface area contributed by atoms with Gasteiger partial charge in [0, 0.05) is 67.0 Å². The molecule has 5 heterocycles. The number of morpholine rings is 1. The Labute approximate surface area is 338 Å². The van der Waals surface area contributed by atoms with Crippen LogP contribution in [-0.2, 0) is 43.4 Å². The number of amides is 2. The van der Waals surface area contributed by atoms with E-state index < -0.39 is 35.6 Å². The van der Waals surface area contributed by atoms with Gasteiger partial charge in [-0.3, -0.25) is 14.5 Å². The third-order valence-corrected chi connectivity index (χ3v) is 11.8. The number of anilines is 1. The highest BCUT2D eigenvalue weighted by molar-refractivity contribution is 6.09. The van der Waals surface area contributed by atoms with E-state index >= 15 is 9.18 Å². The van der Waals surface area contributed by atoms with Crippen LogP contribution < -0.4 is 14.4 Å². The number of carbonyl (C=O) groups excluding carboxylic acids is 2. The molecule has 1 atom stereocenters. The minimum Gasteiger partial charge on any atom is -0.508 e. The number of nitrogens with zero attached hydrogens (tertiary/aromatic N) is 4. The van der Waals surface area contributed by atoms with Crippen molar-refractivity contribution >= 4 is 17.5 Å². The standard InChI is InChI=1S/C45H42F4N4O6/c46-38-9-5-8-37(45(47,48)49)36(38)26-53(30-11-13-32(54)14-12-30)44(56)35-21-40(51-15-4-3-10-39(35)51)33-22-41-42(59-27-58-41)23-34(33)43(55)52-24-29-7-2-1-6-28(29)20-31(52)25-50-16-18-57-19-17-50/h1-2,5-9,11-14,21-23,31,54H,3-4,10,15-20,24-27H2. The number of alkyl halides is 3. The molecule has 4 aliphatic rings. The maximum Gasteiger partial charge on any atom is 0.416 e. The van der Waals surface area contributed by atoms with Gasteiger partial charge in [-0.15, -0.1) is 0 Å². The van der Waals surface area contributed by atoms with E-state index in [1.165, 1.54) is 29.8 Å². The summed E-state index contributed by atoms with van der Waals surface area (Å²) in [5, 5.41) is 10.1. The number of rotatable bonds is 8. The van der Waals surface area contributed by atoms with Crippen LogP contribution >= 0.6 is 0 Å². The van der Waals surface area contributed by atoms with Gasteiger partial charge in [-0.05, 0) is 91.4 Å². The molecule has 4 aromatic carbocycles. The summed E-state index contributed by atoms with van der Waals surface area (Å²) in [7, 11) is 0. The normalized spacial score (nSPS) is 17.7. The number of aromatic nitrogens is 1. The van der Waals surface area contributed by atoms with Gasteiger partial charge in [0.25, 0.3) is 11.8 Å². The molecule has 2 amide bonds. The summed E-state index contributed by atoms with van der Waals surface area (Å²) >= 11 is 0. The lowest BCUT2D eigenvalue weighted by Gasteiger charge is -2.40. The van der Waals surface area contributed by atoms with Gasteiger partial charge in [0.05, 0.1) is 36.4 Å². The zero-order valence-corrected chi connectivity index (χ0v) is 32.1. The summed E-state index contributed by atoms with van der Waals surface area (Å²) in [6.45, 7) is 3.57. The van der Waals surface area contributed by atoms with Crippen molar-refractivity contribution in [3.63, 3.8) is 0 Å². The number of halogens is 4. The molecule has 9 rings (SSSR count). The first-order valence-electron chi connectivity index (χ1n) is 19.8. The van der Waals surface area contributed by atoms with Gasteiger partial charge < -0.3 is 33.7 Å². The Balaban J connectivity index is 1.15. The highest BCUT2D eigenvalue weighted by atomic mass is 19.4. The quantitative estimate of drug-likeness (QED) is 0.160. The van der Waals surface area contributed by atoms with Crippen molar-refractivity contribution in [1.29, 1.82) is 0 Å². The van der Waals surface area contributed by atoms with Crippen LogP contribution in [0.25, 0.3) is 11.3 Å². The first kappa shape index (κ1) is 38.6. The van der Waals surface area contributed by atoms with E-state index in [4.69, 9.17) is 14.2 Å². The molecular formula is C45H42F4N4O6. The van der Waals surface area contributed by atoms with Gasteiger partial charge >= 0.3 is 6.18 Å². The zero-order valence-electron chi connectivity index (χ0n) is 32.1. The van der Waals surface area contributed by atoms with E-state index in [9.17, 15) is 23.1 Å². The lowest BCUT2D eigenvalue weighted by atomic mass is 9.92. The van der Waals surface area contributed by atoms with Crippen LogP contribution in [0.4, 0.5) is 23.2 Å². The van der Waals surface area contributed by atoms with Crippen LogP contribution in [-0.4, -0.2) is 77.0 Å². The lowest BCUT2D eigenvalue weighted by molar-refractivity contribution is -0.138. The summed E-state index contributed by atoms with van der Waals surface area (Å²) in [5.74, 6) is -1.23. The highest BCUT2D eigenvalue weighted by Gasteiger charge is 2.38. The van der Waals surface area contributed by atoms with Gasteiger partial charge in [0.2, 0.25) is 6.79 Å². The van der Waals surface area contributed by atoms with E-state index in [-0.39, 0.29) is 35.7 Å². The highest BCUT2D eigenvalue weighted by Crippen LogP contribution is 2.43. The smallest absolute Gasteiger partial charge is 0.416 e. The van der Waals surface area contributed by atoms with Crippen molar-refractivity contribution in [1.82, 2.24) is 14.4 Å². The molecule has 0 aliphatic carbocycles. The van der Waals surface area contributed by atoms with Crippen LogP contribution in [0.15, 0.2) is 84.9 Å². The minimum absolute atomic E-state index is 0.0310. The lowest BCUT2D eigenvalue weighted by Crippen LogP contribution is -2.52. The summed E-state index contributed by atoms with van der Waals surface area (Å²) in [5.41, 5.74) is 2.86. The van der Waals surface area contributed by atoms with E-state index in [0.29, 0.717) is 79.7 Å². The van der Waals surface area contributed by atoms with Crippen molar-refractivity contribution in [3.05, 3.63) is 130 Å². The van der Waals surface area contributed by atoms with Crippen molar-refractivity contribution in [2.24, 2.45) is 0 Å². The fourth-order valence-electron chi connectivity index (χ4n) is 8.84. The second-order valence-corrected chi connectivity index (χ2v) is 15.4. The fourth-order valence-corrected chi connectivity index (χ4v) is 8.84. The van der Waals surface area contributed by atoms with Gasteiger partial charge in [0.15, 0.2) is 11.5 Å². The van der Waals surface area contributed by atoms with Gasteiger partial charge in [0.1, 0.15) is 11.6 Å². The van der Waals surface area contributed by atoms with Gasteiger partial charge in [-0.1, -0.05) is 30.3 Å². The number of phenolic OH excluding ortho intramolecular Hbond substituents is 1. The van der Waals surface area contributed by atoms with Crippen molar-refractivity contribution < 1.29 is 46.5 Å². The Morgan fingerprint density at radius 1 is 0.847 bits per heavy atom. The minimum atomic E-state index is -4.89. The molecule has 10 nitrogen and oxygen atoms in total. The monoisotopic (exact) mass is 810 g/mol. The third kappa shape index (κ3) is 7.51. The molecule has 59 heavy (non-hydrogen) atoms. The van der Waals surface area contributed by atoms with Crippen LogP contribution in [0.5, 0.6) is 17.2 Å². The first-order valence-corrected chi connectivity index (χ1v) is 19.8. The van der Waals surface area contributed by atoms with Crippen LogP contribution in [0.3, 0.4) is 0 Å². The molecule has 4 aliphatic heterocycles. The molecule has 1 N–H and O–H groups in total. The first-order chi connectivity index (χ1) is 28.5. The van der Waals surface area contributed by atoms with Crippen LogP contribution in [0, 0.1) is 5.82 Å².